The van der Waals surface area contributed by atoms with E-state index in [1.165, 1.54) is 103 Å². The van der Waals surface area contributed by atoms with Gasteiger partial charge in [0.2, 0.25) is 5.91 Å². The molecule has 0 saturated carbocycles. The molecule has 2 fully saturated rings. The predicted octanol–water partition coefficient (Wildman–Crippen LogP) is 6.02. The van der Waals surface area contributed by atoms with Crippen LogP contribution in [0.1, 0.15) is 110 Å². The largest absolute Gasteiger partial charge is 0.343 e. The Morgan fingerprint density at radius 2 is 1.19 bits per heavy atom. The average Bonchev–Trinajstić information content (AvgIpc) is 2.65. The van der Waals surface area contributed by atoms with Crippen molar-refractivity contribution in [3.8, 4) is 0 Å². The molecule has 0 aromatic carbocycles. The van der Waals surface area contributed by atoms with Crippen molar-refractivity contribution >= 4 is 5.91 Å². The van der Waals surface area contributed by atoms with Gasteiger partial charge in [-0.15, -0.1) is 0 Å². The van der Waals surface area contributed by atoms with E-state index in [1.54, 1.807) is 0 Å². The minimum Gasteiger partial charge on any atom is -0.343 e. The molecule has 0 N–H and O–H groups in total. The molecule has 0 aromatic rings. The van der Waals surface area contributed by atoms with E-state index >= 15 is 0 Å². The number of piperidine rings is 1. The molecule has 3 heteroatoms. The van der Waals surface area contributed by atoms with E-state index in [0.717, 1.165) is 25.9 Å². The van der Waals surface area contributed by atoms with Gasteiger partial charge in [-0.05, 0) is 31.7 Å². The van der Waals surface area contributed by atoms with Gasteiger partial charge in [0.15, 0.2) is 0 Å². The van der Waals surface area contributed by atoms with Crippen LogP contribution in [0, 0.1) is 5.41 Å². The van der Waals surface area contributed by atoms with Gasteiger partial charge in [-0.3, -0.25) is 4.79 Å². The van der Waals surface area contributed by atoms with Crippen LogP contribution >= 0.6 is 0 Å². The quantitative estimate of drug-likeness (QED) is 0.345. The maximum atomic E-state index is 12.4. The number of carbonyl (C=O) groups is 1. The summed E-state index contributed by atoms with van der Waals surface area (Å²) in [6.07, 6.45) is 21.0. The van der Waals surface area contributed by atoms with Crippen molar-refractivity contribution in [2.45, 2.75) is 110 Å². The van der Waals surface area contributed by atoms with Crippen LogP contribution in [-0.4, -0.2) is 48.9 Å². The topological polar surface area (TPSA) is 23.6 Å². The number of rotatable bonds is 14. The molecule has 0 atom stereocenters. The summed E-state index contributed by atoms with van der Waals surface area (Å²) in [7, 11) is 2.21. The van der Waals surface area contributed by atoms with Crippen LogP contribution in [0.5, 0.6) is 0 Å². The number of amides is 1. The molecule has 2 heterocycles. The fraction of sp³-hybridized carbons (Fsp3) is 0.958. The van der Waals surface area contributed by atoms with Gasteiger partial charge in [-0.2, -0.15) is 0 Å². The summed E-state index contributed by atoms with van der Waals surface area (Å²) in [5.74, 6) is 0.417. The van der Waals surface area contributed by atoms with E-state index in [1.807, 2.05) is 0 Å². The number of hydrogen-bond donors (Lipinski definition) is 0. The van der Waals surface area contributed by atoms with Gasteiger partial charge in [0.1, 0.15) is 0 Å². The number of likely N-dealkylation sites (tertiary alicyclic amines) is 2. The van der Waals surface area contributed by atoms with Crippen molar-refractivity contribution in [3.63, 3.8) is 0 Å². The van der Waals surface area contributed by atoms with Crippen molar-refractivity contribution in [3.05, 3.63) is 0 Å². The lowest BCUT2D eigenvalue weighted by Gasteiger charge is -2.52. The fourth-order valence-electron chi connectivity index (χ4n) is 5.10. The maximum absolute atomic E-state index is 12.4. The average molecular weight is 379 g/mol. The Kier molecular flexibility index (Phi) is 10.8. The highest BCUT2D eigenvalue weighted by Gasteiger charge is 2.43. The summed E-state index contributed by atoms with van der Waals surface area (Å²) in [4.78, 5) is 16.9. The van der Waals surface area contributed by atoms with E-state index in [-0.39, 0.29) is 0 Å². The molecular formula is C24H46N2O. The molecule has 2 aliphatic rings. The Hall–Kier alpha value is -0.570. The van der Waals surface area contributed by atoms with Crippen LogP contribution in [0.25, 0.3) is 0 Å². The van der Waals surface area contributed by atoms with Crippen LogP contribution < -0.4 is 0 Å². The first-order chi connectivity index (χ1) is 13.2. The van der Waals surface area contributed by atoms with E-state index in [2.05, 4.69) is 23.8 Å². The lowest BCUT2D eigenvalue weighted by atomic mass is 9.72. The van der Waals surface area contributed by atoms with Gasteiger partial charge < -0.3 is 9.80 Å². The van der Waals surface area contributed by atoms with E-state index in [0.29, 0.717) is 11.3 Å². The number of nitrogens with zero attached hydrogens (tertiary/aromatic N) is 2. The van der Waals surface area contributed by atoms with Crippen molar-refractivity contribution in [2.75, 3.05) is 33.2 Å². The molecule has 0 unspecified atom stereocenters. The second-order valence-corrected chi connectivity index (χ2v) is 9.55. The molecule has 2 saturated heterocycles. The molecule has 158 valence electrons. The van der Waals surface area contributed by atoms with Gasteiger partial charge >= 0.3 is 0 Å². The monoisotopic (exact) mass is 378 g/mol. The predicted molar refractivity (Wildman–Crippen MR) is 116 cm³/mol. The van der Waals surface area contributed by atoms with Crippen molar-refractivity contribution in [1.82, 2.24) is 9.80 Å². The Labute approximate surface area is 169 Å². The SMILES string of the molecule is CCCCCCCCCCCCCCCC(=O)N1CCC2(CC1)CN(C)C2. The normalized spacial score (nSPS) is 19.4. The fourth-order valence-corrected chi connectivity index (χ4v) is 5.10. The van der Waals surface area contributed by atoms with Crippen molar-refractivity contribution in [2.24, 2.45) is 5.41 Å². The molecule has 27 heavy (non-hydrogen) atoms. The smallest absolute Gasteiger partial charge is 0.222 e. The summed E-state index contributed by atoms with van der Waals surface area (Å²) in [6, 6.07) is 0. The summed E-state index contributed by atoms with van der Waals surface area (Å²) >= 11 is 0. The lowest BCUT2D eigenvalue weighted by molar-refractivity contribution is -0.135. The molecule has 1 amide bonds. The first-order valence-corrected chi connectivity index (χ1v) is 12.1. The van der Waals surface area contributed by atoms with Gasteiger partial charge in [0.05, 0.1) is 0 Å². The van der Waals surface area contributed by atoms with Crippen molar-refractivity contribution < 1.29 is 4.79 Å². The van der Waals surface area contributed by atoms with E-state index in [9.17, 15) is 4.79 Å². The lowest BCUT2D eigenvalue weighted by Crippen LogP contribution is -2.59. The molecule has 1 spiro atoms. The zero-order valence-electron chi connectivity index (χ0n) is 18.4. The van der Waals surface area contributed by atoms with Gasteiger partial charge in [0.25, 0.3) is 0 Å². The zero-order valence-corrected chi connectivity index (χ0v) is 18.4. The van der Waals surface area contributed by atoms with E-state index in [4.69, 9.17) is 0 Å². The molecule has 2 rings (SSSR count). The molecular weight excluding hydrogens is 332 g/mol. The number of carbonyl (C=O) groups excluding carboxylic acids is 1. The second-order valence-electron chi connectivity index (χ2n) is 9.55. The minimum atomic E-state index is 0.417. The van der Waals surface area contributed by atoms with Crippen LogP contribution in [0.15, 0.2) is 0 Å². The van der Waals surface area contributed by atoms with Crippen LogP contribution in [0.3, 0.4) is 0 Å². The highest BCUT2D eigenvalue weighted by molar-refractivity contribution is 5.76. The number of unbranched alkanes of at least 4 members (excludes halogenated alkanes) is 12. The van der Waals surface area contributed by atoms with Gasteiger partial charge in [-0.25, -0.2) is 0 Å². The highest BCUT2D eigenvalue weighted by atomic mass is 16.2. The number of hydrogen-bond acceptors (Lipinski definition) is 2. The molecule has 3 nitrogen and oxygen atoms in total. The highest BCUT2D eigenvalue weighted by Crippen LogP contribution is 2.39. The Morgan fingerprint density at radius 1 is 0.741 bits per heavy atom. The summed E-state index contributed by atoms with van der Waals surface area (Å²) in [5.41, 5.74) is 0.557. The van der Waals surface area contributed by atoms with Gasteiger partial charge in [-0.1, -0.05) is 84.0 Å². The Balaban J connectivity index is 1.35. The standard InChI is InChI=1S/C24H46N2O/c1-3-4-5-6-7-8-9-10-11-12-13-14-15-16-23(27)26-19-17-24(18-20-26)21-25(2)22-24/h3-22H2,1-2H3. The summed E-state index contributed by atoms with van der Waals surface area (Å²) < 4.78 is 0. The van der Waals surface area contributed by atoms with Crippen LogP contribution in [0.4, 0.5) is 0 Å². The third-order valence-electron chi connectivity index (χ3n) is 6.88. The van der Waals surface area contributed by atoms with E-state index < -0.39 is 0 Å². The maximum Gasteiger partial charge on any atom is 0.222 e. The van der Waals surface area contributed by atoms with Crippen LogP contribution in [0.2, 0.25) is 0 Å². The second kappa shape index (κ2) is 12.8. The molecule has 2 aliphatic heterocycles. The molecule has 0 radical (unpaired) electrons. The first kappa shape index (κ1) is 22.7. The summed E-state index contributed by atoms with van der Waals surface area (Å²) in [5, 5.41) is 0. The molecule has 0 bridgehead atoms. The molecule has 0 aliphatic carbocycles. The zero-order chi connectivity index (χ0) is 19.4. The first-order valence-electron chi connectivity index (χ1n) is 12.1. The third kappa shape index (κ3) is 8.54. The third-order valence-corrected chi connectivity index (χ3v) is 6.88. The Bertz CT molecular complexity index is 393. The summed E-state index contributed by atoms with van der Waals surface area (Å²) in [6.45, 7) is 6.78. The van der Waals surface area contributed by atoms with Crippen LogP contribution in [-0.2, 0) is 4.79 Å². The van der Waals surface area contributed by atoms with Crippen molar-refractivity contribution in [1.29, 1.82) is 0 Å². The minimum absolute atomic E-state index is 0.417. The van der Waals surface area contributed by atoms with Gasteiger partial charge in [0, 0.05) is 32.6 Å². The molecule has 0 aromatic heterocycles. The Morgan fingerprint density at radius 3 is 1.63 bits per heavy atom.